The van der Waals surface area contributed by atoms with Crippen LogP contribution in [0.1, 0.15) is 30.7 Å². The molecule has 25 heavy (non-hydrogen) atoms. The molecule has 0 saturated carbocycles. The van der Waals surface area contributed by atoms with Crippen LogP contribution in [-0.4, -0.2) is 35.3 Å². The van der Waals surface area contributed by atoms with Crippen molar-refractivity contribution in [2.45, 2.75) is 37.3 Å². The summed E-state index contributed by atoms with van der Waals surface area (Å²) in [6, 6.07) is 4.90. The number of nitrogens with one attached hydrogen (secondary N) is 1. The van der Waals surface area contributed by atoms with Gasteiger partial charge in [0.1, 0.15) is 5.75 Å². The first-order valence-corrected chi connectivity index (χ1v) is 7.39. The predicted octanol–water partition coefficient (Wildman–Crippen LogP) is 4.71. The number of fused-ring (bicyclic) bond motifs is 1. The Balaban J connectivity index is 2.21. The minimum absolute atomic E-state index is 0.316. The van der Waals surface area contributed by atoms with Gasteiger partial charge in [0.2, 0.25) is 0 Å². The highest BCUT2D eigenvalue weighted by molar-refractivity contribution is 5.90. The van der Waals surface area contributed by atoms with Crippen molar-refractivity contribution >= 4 is 16.9 Å². The lowest BCUT2D eigenvalue weighted by molar-refractivity contribution is -0.284. The lowest BCUT2D eigenvalue weighted by atomic mass is 9.92. The minimum atomic E-state index is -5.64. The second kappa shape index (κ2) is 6.89. The Morgan fingerprint density at radius 3 is 2.52 bits per heavy atom. The van der Waals surface area contributed by atoms with E-state index in [1.165, 1.54) is 13.3 Å². The normalized spacial score (nSPS) is 13.8. The van der Waals surface area contributed by atoms with Gasteiger partial charge in [0.05, 0.1) is 13.0 Å². The van der Waals surface area contributed by atoms with E-state index < -0.39 is 36.8 Å². The van der Waals surface area contributed by atoms with Crippen LogP contribution in [0.3, 0.4) is 0 Å². The number of carboxylic acid groups (broad SMARTS) is 1. The molecule has 9 heteroatoms. The maximum Gasteiger partial charge on any atom is 0.453 e. The number of aromatic amines is 1. The summed E-state index contributed by atoms with van der Waals surface area (Å²) in [5, 5.41) is 9.89. The Bertz CT molecular complexity index is 754. The maximum atomic E-state index is 13.0. The van der Waals surface area contributed by atoms with Gasteiger partial charge < -0.3 is 14.8 Å². The molecule has 0 aliphatic carbocycles. The fourth-order valence-corrected chi connectivity index (χ4v) is 2.62. The van der Waals surface area contributed by atoms with Crippen molar-refractivity contribution < 1.29 is 36.6 Å². The van der Waals surface area contributed by atoms with Gasteiger partial charge in [0.25, 0.3) is 0 Å². The number of alkyl halides is 5. The van der Waals surface area contributed by atoms with Crippen LogP contribution in [0.2, 0.25) is 0 Å². The average Bonchev–Trinajstić information content (AvgIpc) is 2.92. The molecule has 2 N–H and O–H groups in total. The van der Waals surface area contributed by atoms with Crippen molar-refractivity contribution in [1.82, 2.24) is 4.98 Å². The Labute approximate surface area is 139 Å². The highest BCUT2D eigenvalue weighted by Gasteiger charge is 2.56. The van der Waals surface area contributed by atoms with Crippen LogP contribution in [0.25, 0.3) is 10.9 Å². The number of benzene rings is 1. The fourth-order valence-electron chi connectivity index (χ4n) is 2.62. The summed E-state index contributed by atoms with van der Waals surface area (Å²) in [5.74, 6) is -6.86. The Hall–Kier alpha value is -2.32. The third kappa shape index (κ3) is 4.02. The molecule has 4 nitrogen and oxygen atoms in total. The van der Waals surface area contributed by atoms with Crippen molar-refractivity contribution in [2.24, 2.45) is 0 Å². The van der Waals surface area contributed by atoms with Crippen LogP contribution in [0.4, 0.5) is 22.0 Å². The molecule has 0 radical (unpaired) electrons. The van der Waals surface area contributed by atoms with E-state index in [-0.39, 0.29) is 6.42 Å². The number of halogens is 5. The highest BCUT2D eigenvalue weighted by Crippen LogP contribution is 2.40. The number of carboxylic acids is 1. The largest absolute Gasteiger partial charge is 0.497 e. The standard InChI is InChI=1S/C16H16F5NO3/c1-25-9-4-5-13-11(7-9)12(8-22-13)10(14(23)24)3-2-6-15(17,18)16(19,20)21/h4-5,7-8,10,22H,2-3,6H2,1H3,(H,23,24). The molecule has 0 bridgehead atoms. The molecule has 0 saturated heterocycles. The first kappa shape index (κ1) is 19.0. The van der Waals surface area contributed by atoms with Crippen molar-refractivity contribution in [3.8, 4) is 5.75 Å². The summed E-state index contributed by atoms with van der Waals surface area (Å²) < 4.78 is 67.6. The van der Waals surface area contributed by atoms with Gasteiger partial charge in [-0.25, -0.2) is 0 Å². The van der Waals surface area contributed by atoms with E-state index in [4.69, 9.17) is 4.74 Å². The van der Waals surface area contributed by atoms with Crippen LogP contribution in [0.5, 0.6) is 5.75 Å². The van der Waals surface area contributed by atoms with Crippen LogP contribution in [0.15, 0.2) is 24.4 Å². The number of hydrogen-bond donors (Lipinski definition) is 2. The van der Waals surface area contributed by atoms with E-state index in [1.807, 2.05) is 0 Å². The molecule has 0 aliphatic rings. The molecule has 138 valence electrons. The van der Waals surface area contributed by atoms with E-state index in [0.717, 1.165) is 0 Å². The summed E-state index contributed by atoms with van der Waals surface area (Å²) in [5.41, 5.74) is 0.930. The van der Waals surface area contributed by atoms with Gasteiger partial charge in [-0.2, -0.15) is 22.0 Å². The Morgan fingerprint density at radius 2 is 1.96 bits per heavy atom. The first-order valence-electron chi connectivity index (χ1n) is 7.39. The maximum absolute atomic E-state index is 13.0. The second-order valence-corrected chi connectivity index (χ2v) is 5.64. The zero-order valence-electron chi connectivity index (χ0n) is 13.2. The van der Waals surface area contributed by atoms with Gasteiger partial charge in [0, 0.05) is 23.5 Å². The van der Waals surface area contributed by atoms with Crippen LogP contribution < -0.4 is 4.74 Å². The number of ether oxygens (including phenoxy) is 1. The molecule has 0 amide bonds. The number of H-pyrrole nitrogens is 1. The number of rotatable bonds is 7. The van der Waals surface area contributed by atoms with Crippen molar-refractivity contribution in [3.63, 3.8) is 0 Å². The van der Waals surface area contributed by atoms with Gasteiger partial charge in [-0.1, -0.05) is 0 Å². The molecule has 0 aliphatic heterocycles. The number of hydrogen-bond acceptors (Lipinski definition) is 2. The quantitative estimate of drug-likeness (QED) is 0.699. The Morgan fingerprint density at radius 1 is 1.28 bits per heavy atom. The van der Waals surface area contributed by atoms with Crippen LogP contribution in [0, 0.1) is 0 Å². The summed E-state index contributed by atoms with van der Waals surface area (Å²) in [6.45, 7) is 0. The molecule has 1 aromatic heterocycles. The van der Waals surface area contributed by atoms with Crippen molar-refractivity contribution in [3.05, 3.63) is 30.0 Å². The lowest BCUT2D eigenvalue weighted by Gasteiger charge is -2.20. The predicted molar refractivity (Wildman–Crippen MR) is 80.1 cm³/mol. The Kier molecular flexibility index (Phi) is 5.24. The zero-order chi connectivity index (χ0) is 18.8. The number of methoxy groups -OCH3 is 1. The number of carbonyl (C=O) groups is 1. The third-order valence-corrected chi connectivity index (χ3v) is 3.99. The highest BCUT2D eigenvalue weighted by atomic mass is 19.4. The first-order chi connectivity index (χ1) is 11.6. The molecule has 2 aromatic rings. The SMILES string of the molecule is COc1ccc2[nH]cc(C(CCCC(F)(F)C(F)(F)F)C(=O)O)c2c1. The van der Waals surface area contributed by atoms with E-state index >= 15 is 0 Å². The minimum Gasteiger partial charge on any atom is -0.497 e. The summed E-state index contributed by atoms with van der Waals surface area (Å²) in [6.07, 6.45) is -6.60. The molecule has 1 atom stereocenters. The second-order valence-electron chi connectivity index (χ2n) is 5.64. The molecule has 1 heterocycles. The van der Waals surface area contributed by atoms with Gasteiger partial charge in [-0.05, 0) is 36.6 Å². The van der Waals surface area contributed by atoms with Crippen LogP contribution in [-0.2, 0) is 4.79 Å². The summed E-state index contributed by atoms with van der Waals surface area (Å²) in [7, 11) is 1.43. The van der Waals surface area contributed by atoms with Gasteiger partial charge >= 0.3 is 18.1 Å². The summed E-state index contributed by atoms with van der Waals surface area (Å²) in [4.78, 5) is 14.4. The topological polar surface area (TPSA) is 62.3 Å². The molecular formula is C16H16F5NO3. The van der Waals surface area contributed by atoms with Gasteiger partial charge in [-0.15, -0.1) is 0 Å². The van der Waals surface area contributed by atoms with Crippen molar-refractivity contribution in [1.29, 1.82) is 0 Å². The molecule has 0 fully saturated rings. The van der Waals surface area contributed by atoms with E-state index in [2.05, 4.69) is 4.98 Å². The smallest absolute Gasteiger partial charge is 0.453 e. The number of aromatic nitrogens is 1. The van der Waals surface area contributed by atoms with Gasteiger partial charge in [-0.3, -0.25) is 4.79 Å². The van der Waals surface area contributed by atoms with Crippen molar-refractivity contribution in [2.75, 3.05) is 7.11 Å². The van der Waals surface area contributed by atoms with Gasteiger partial charge in [0.15, 0.2) is 0 Å². The molecule has 0 spiro atoms. The van der Waals surface area contributed by atoms with E-state index in [9.17, 15) is 31.9 Å². The molecule has 1 unspecified atom stereocenters. The van der Waals surface area contributed by atoms with E-state index in [1.54, 1.807) is 18.2 Å². The summed E-state index contributed by atoms with van der Waals surface area (Å²) >= 11 is 0. The molecule has 1 aromatic carbocycles. The lowest BCUT2D eigenvalue weighted by Crippen LogP contribution is -2.36. The third-order valence-electron chi connectivity index (χ3n) is 3.99. The monoisotopic (exact) mass is 365 g/mol. The fraction of sp³-hybridized carbons (Fsp3) is 0.438. The molecular weight excluding hydrogens is 349 g/mol. The average molecular weight is 365 g/mol. The van der Waals surface area contributed by atoms with E-state index in [0.29, 0.717) is 22.2 Å². The number of aliphatic carboxylic acids is 1. The zero-order valence-corrected chi connectivity index (χ0v) is 13.2. The van der Waals surface area contributed by atoms with Crippen LogP contribution >= 0.6 is 0 Å². The molecule has 2 rings (SSSR count).